The van der Waals surface area contributed by atoms with Crippen LogP contribution in [0.2, 0.25) is 0 Å². The molecule has 0 spiro atoms. The second kappa shape index (κ2) is 7.41. The molecule has 0 aliphatic rings. The number of benzene rings is 1. The maximum atomic E-state index is 13.0. The first-order valence-corrected chi connectivity index (χ1v) is 8.79. The molecule has 0 radical (unpaired) electrons. The number of sulfone groups is 1. The lowest BCUT2D eigenvalue weighted by atomic mass is 10.3. The third-order valence-corrected chi connectivity index (χ3v) is 5.42. The fourth-order valence-corrected chi connectivity index (χ4v) is 3.73. The zero-order chi connectivity index (χ0) is 16.9. The van der Waals surface area contributed by atoms with Crippen molar-refractivity contribution >= 4 is 15.7 Å². The smallest absolute Gasteiger partial charge is 0.220 e. The normalized spacial score (nSPS) is 12.8. The molecule has 5 nitrogen and oxygen atoms in total. The van der Waals surface area contributed by atoms with E-state index >= 15 is 0 Å². The summed E-state index contributed by atoms with van der Waals surface area (Å²) in [5.74, 6) is -0.515. The van der Waals surface area contributed by atoms with Gasteiger partial charge in [-0.2, -0.15) is 0 Å². The van der Waals surface area contributed by atoms with Gasteiger partial charge < -0.3 is 9.73 Å². The van der Waals surface area contributed by atoms with Crippen molar-refractivity contribution in [3.05, 3.63) is 54.2 Å². The van der Waals surface area contributed by atoms with Crippen molar-refractivity contribution in [3.8, 4) is 0 Å². The third-order valence-electron chi connectivity index (χ3n) is 3.34. The van der Waals surface area contributed by atoms with Gasteiger partial charge in [0, 0.05) is 13.0 Å². The van der Waals surface area contributed by atoms with Crippen molar-refractivity contribution in [2.24, 2.45) is 0 Å². The van der Waals surface area contributed by atoms with Crippen LogP contribution < -0.4 is 5.32 Å². The summed E-state index contributed by atoms with van der Waals surface area (Å²) in [6.45, 7) is 1.75. The van der Waals surface area contributed by atoms with Gasteiger partial charge in [-0.25, -0.2) is 12.8 Å². The predicted octanol–water partition coefficient (Wildman–Crippen LogP) is 2.85. The Labute approximate surface area is 134 Å². The highest BCUT2D eigenvalue weighted by Gasteiger charge is 2.31. The topological polar surface area (TPSA) is 76.4 Å². The zero-order valence-corrected chi connectivity index (χ0v) is 13.5. The molecule has 0 saturated heterocycles. The van der Waals surface area contributed by atoms with Gasteiger partial charge in [-0.05, 0) is 42.8 Å². The van der Waals surface area contributed by atoms with Crippen molar-refractivity contribution in [1.82, 2.24) is 5.32 Å². The summed E-state index contributed by atoms with van der Waals surface area (Å²) in [6.07, 6.45) is 2.36. The van der Waals surface area contributed by atoms with Gasteiger partial charge in [-0.3, -0.25) is 4.79 Å². The SMILES string of the molecule is CCCC(=O)NC[C@H](c1ccco1)S(=O)(=O)c1ccc(F)cc1. The molecule has 2 aromatic rings. The van der Waals surface area contributed by atoms with E-state index in [1.807, 2.05) is 6.92 Å². The second-order valence-corrected chi connectivity index (χ2v) is 7.19. The van der Waals surface area contributed by atoms with Gasteiger partial charge in [0.1, 0.15) is 16.8 Å². The summed E-state index contributed by atoms with van der Waals surface area (Å²) in [6, 6.07) is 7.69. The summed E-state index contributed by atoms with van der Waals surface area (Å²) >= 11 is 0. The van der Waals surface area contributed by atoms with Crippen molar-refractivity contribution in [2.75, 3.05) is 6.54 Å². The van der Waals surface area contributed by atoms with Crippen LogP contribution in [0.4, 0.5) is 4.39 Å². The minimum Gasteiger partial charge on any atom is -0.468 e. The van der Waals surface area contributed by atoms with Crippen LogP contribution in [0.5, 0.6) is 0 Å². The van der Waals surface area contributed by atoms with Gasteiger partial charge in [-0.1, -0.05) is 6.92 Å². The van der Waals surface area contributed by atoms with E-state index in [-0.39, 0.29) is 23.1 Å². The molecular weight excluding hydrogens is 321 g/mol. The van der Waals surface area contributed by atoms with E-state index in [2.05, 4.69) is 5.32 Å². The Hall–Kier alpha value is -2.15. The molecule has 23 heavy (non-hydrogen) atoms. The minimum absolute atomic E-state index is 0.0231. The molecule has 0 bridgehead atoms. The summed E-state index contributed by atoms with van der Waals surface area (Å²) in [7, 11) is -3.83. The summed E-state index contributed by atoms with van der Waals surface area (Å²) in [4.78, 5) is 11.6. The van der Waals surface area contributed by atoms with Gasteiger partial charge >= 0.3 is 0 Å². The lowest BCUT2D eigenvalue weighted by Gasteiger charge is -2.16. The number of amides is 1. The summed E-state index contributed by atoms with van der Waals surface area (Å²) in [5, 5.41) is 1.54. The van der Waals surface area contributed by atoms with E-state index in [4.69, 9.17) is 4.42 Å². The van der Waals surface area contributed by atoms with E-state index in [1.165, 1.54) is 24.5 Å². The van der Waals surface area contributed by atoms with Crippen LogP contribution in [-0.4, -0.2) is 20.9 Å². The lowest BCUT2D eigenvalue weighted by molar-refractivity contribution is -0.121. The molecule has 0 saturated carbocycles. The Morgan fingerprint density at radius 3 is 2.52 bits per heavy atom. The molecule has 1 atom stereocenters. The molecule has 1 heterocycles. The maximum Gasteiger partial charge on any atom is 0.220 e. The fraction of sp³-hybridized carbons (Fsp3) is 0.312. The second-order valence-electron chi connectivity index (χ2n) is 5.06. The number of halogens is 1. The van der Waals surface area contributed by atoms with Gasteiger partial charge in [0.05, 0.1) is 11.2 Å². The first-order valence-electron chi connectivity index (χ1n) is 7.24. The Morgan fingerprint density at radius 1 is 1.26 bits per heavy atom. The van der Waals surface area contributed by atoms with Crippen LogP contribution in [0.25, 0.3) is 0 Å². The molecule has 7 heteroatoms. The summed E-state index contributed by atoms with van der Waals surface area (Å²) < 4.78 is 43.8. The zero-order valence-electron chi connectivity index (χ0n) is 12.7. The van der Waals surface area contributed by atoms with E-state index in [9.17, 15) is 17.6 Å². The number of hydrogen-bond donors (Lipinski definition) is 1. The molecule has 1 aromatic carbocycles. The number of carbonyl (C=O) groups is 1. The minimum atomic E-state index is -3.83. The Bertz CT molecular complexity index is 739. The quantitative estimate of drug-likeness (QED) is 0.787. The molecule has 0 unspecified atom stereocenters. The predicted molar refractivity (Wildman–Crippen MR) is 83.0 cm³/mol. The summed E-state index contributed by atoms with van der Waals surface area (Å²) in [5.41, 5.74) is 0. The monoisotopic (exact) mass is 339 g/mol. The van der Waals surface area contributed by atoms with Crippen LogP contribution in [0, 0.1) is 5.82 Å². The van der Waals surface area contributed by atoms with Crippen LogP contribution >= 0.6 is 0 Å². The van der Waals surface area contributed by atoms with Gasteiger partial charge in [0.15, 0.2) is 9.84 Å². The van der Waals surface area contributed by atoms with Gasteiger partial charge in [-0.15, -0.1) is 0 Å². The number of furan rings is 1. The average molecular weight is 339 g/mol. The molecule has 0 aliphatic heterocycles. The average Bonchev–Trinajstić information content (AvgIpc) is 3.02. The third kappa shape index (κ3) is 4.19. The van der Waals surface area contributed by atoms with Gasteiger partial charge in [0.25, 0.3) is 0 Å². The molecule has 0 fully saturated rings. The van der Waals surface area contributed by atoms with E-state index in [1.54, 1.807) is 6.07 Å². The van der Waals surface area contributed by atoms with E-state index in [0.717, 1.165) is 12.1 Å². The van der Waals surface area contributed by atoms with Gasteiger partial charge in [0.2, 0.25) is 5.91 Å². The Balaban J connectivity index is 2.29. The maximum absolute atomic E-state index is 13.0. The van der Waals surface area contributed by atoms with Crippen LogP contribution in [0.1, 0.15) is 30.8 Å². The van der Waals surface area contributed by atoms with E-state index < -0.39 is 20.9 Å². The number of nitrogens with one attached hydrogen (secondary N) is 1. The molecule has 2 rings (SSSR count). The first kappa shape index (κ1) is 17.2. The number of rotatable bonds is 7. The molecule has 124 valence electrons. The molecule has 1 amide bonds. The first-order chi connectivity index (χ1) is 10.9. The van der Waals surface area contributed by atoms with Crippen molar-refractivity contribution in [3.63, 3.8) is 0 Å². The van der Waals surface area contributed by atoms with Crippen LogP contribution in [0.3, 0.4) is 0 Å². The van der Waals surface area contributed by atoms with E-state index in [0.29, 0.717) is 12.8 Å². The highest BCUT2D eigenvalue weighted by molar-refractivity contribution is 7.91. The van der Waals surface area contributed by atoms with Crippen molar-refractivity contribution in [2.45, 2.75) is 29.9 Å². The Kier molecular flexibility index (Phi) is 5.54. The Morgan fingerprint density at radius 2 is 1.96 bits per heavy atom. The number of carbonyl (C=O) groups excluding carboxylic acids is 1. The highest BCUT2D eigenvalue weighted by atomic mass is 32.2. The lowest BCUT2D eigenvalue weighted by Crippen LogP contribution is -2.31. The van der Waals surface area contributed by atoms with Crippen LogP contribution in [-0.2, 0) is 14.6 Å². The highest BCUT2D eigenvalue weighted by Crippen LogP contribution is 2.29. The molecule has 1 aromatic heterocycles. The molecule has 1 N–H and O–H groups in total. The largest absolute Gasteiger partial charge is 0.468 e. The number of hydrogen-bond acceptors (Lipinski definition) is 4. The fourth-order valence-electron chi connectivity index (χ4n) is 2.15. The van der Waals surface area contributed by atoms with Crippen LogP contribution in [0.15, 0.2) is 52.0 Å². The van der Waals surface area contributed by atoms with Crippen molar-refractivity contribution in [1.29, 1.82) is 0 Å². The van der Waals surface area contributed by atoms with Crippen molar-refractivity contribution < 1.29 is 22.0 Å². The molecular formula is C16H18FNO4S. The standard InChI is InChI=1S/C16H18FNO4S/c1-2-4-16(19)18-11-15(14-5-3-10-22-14)23(20,21)13-8-6-12(17)7-9-13/h3,5-10,15H,2,4,11H2,1H3,(H,18,19)/t15-/m1/s1. The molecule has 0 aliphatic carbocycles.